The van der Waals surface area contributed by atoms with Crippen molar-refractivity contribution in [1.29, 1.82) is 0 Å². The molecule has 0 aromatic carbocycles. The van der Waals surface area contributed by atoms with Crippen LogP contribution in [0, 0.1) is 0 Å². The minimum absolute atomic E-state index is 0.00116. The van der Waals surface area contributed by atoms with Gasteiger partial charge in [-0.05, 0) is 26.8 Å². The van der Waals surface area contributed by atoms with Crippen molar-refractivity contribution in [2.24, 2.45) is 0 Å². The maximum absolute atomic E-state index is 10.5. The quantitative estimate of drug-likeness (QED) is 0.557. The summed E-state index contributed by atoms with van der Waals surface area (Å²) in [6, 6.07) is 0. The van der Waals surface area contributed by atoms with E-state index in [0.717, 1.165) is 5.57 Å². The maximum Gasteiger partial charge on any atom is 0.152 e. The third kappa shape index (κ3) is 5.22. The highest BCUT2D eigenvalue weighted by molar-refractivity contribution is 5.89. The summed E-state index contributed by atoms with van der Waals surface area (Å²) in [6.07, 6.45) is 1.88. The van der Waals surface area contributed by atoms with Gasteiger partial charge in [0.15, 0.2) is 5.78 Å². The second-order valence-corrected chi connectivity index (χ2v) is 2.48. The smallest absolute Gasteiger partial charge is 0.152 e. The van der Waals surface area contributed by atoms with E-state index in [1.807, 2.05) is 0 Å². The lowest BCUT2D eigenvalue weighted by Crippen LogP contribution is -1.92. The molecule has 0 fully saturated rings. The Balaban J connectivity index is 3.95. The Morgan fingerprint density at radius 3 is 2.00 bits per heavy atom. The molecule has 0 atom stereocenters. The number of ketones is 2. The van der Waals surface area contributed by atoms with Gasteiger partial charge < -0.3 is 0 Å². The van der Waals surface area contributed by atoms with Crippen molar-refractivity contribution >= 4 is 11.6 Å². The van der Waals surface area contributed by atoms with Gasteiger partial charge in [-0.1, -0.05) is 5.57 Å². The molecule has 0 aliphatic carbocycles. The average Bonchev–Trinajstić information content (AvgIpc) is 1.58. The van der Waals surface area contributed by atoms with Gasteiger partial charge in [-0.15, -0.1) is 0 Å². The van der Waals surface area contributed by atoms with Crippen LogP contribution >= 0.6 is 0 Å². The van der Waals surface area contributed by atoms with Crippen molar-refractivity contribution in [1.82, 2.24) is 0 Å². The van der Waals surface area contributed by atoms with Crippen LogP contribution in [0.2, 0.25) is 0 Å². The van der Waals surface area contributed by atoms with Crippen LogP contribution in [0.25, 0.3) is 0 Å². The largest absolute Gasteiger partial charge is 0.300 e. The van der Waals surface area contributed by atoms with Gasteiger partial charge in [0.25, 0.3) is 0 Å². The fourth-order valence-electron chi connectivity index (χ4n) is 0.791. The second-order valence-electron chi connectivity index (χ2n) is 2.48. The van der Waals surface area contributed by atoms with Gasteiger partial charge in [-0.2, -0.15) is 0 Å². The Bertz CT molecular complexity index is 178. The molecule has 0 aromatic heterocycles. The molecule has 0 radical (unpaired) electrons. The van der Waals surface area contributed by atoms with E-state index >= 15 is 0 Å². The third-order valence-corrected chi connectivity index (χ3v) is 0.977. The van der Waals surface area contributed by atoms with Crippen LogP contribution in [0.3, 0.4) is 0 Å². The molecule has 0 aliphatic rings. The van der Waals surface area contributed by atoms with Crippen molar-refractivity contribution in [3.05, 3.63) is 11.6 Å². The number of Topliss-reactive ketones (excluding diaryl/α,β-unsaturated/α-hetero) is 1. The molecule has 0 bridgehead atoms. The van der Waals surface area contributed by atoms with Crippen LogP contribution in [-0.2, 0) is 9.59 Å². The maximum atomic E-state index is 10.5. The first-order valence-electron chi connectivity index (χ1n) is 3.19. The zero-order chi connectivity index (χ0) is 8.15. The predicted octanol–water partition coefficient (Wildman–Crippen LogP) is 1.50. The highest BCUT2D eigenvalue weighted by Crippen LogP contribution is 1.99. The molecule has 56 valence electrons. The van der Waals surface area contributed by atoms with Gasteiger partial charge >= 0.3 is 0 Å². The highest BCUT2D eigenvalue weighted by atomic mass is 16.1. The fraction of sp³-hybridized carbons (Fsp3) is 0.500. The fourth-order valence-corrected chi connectivity index (χ4v) is 0.791. The van der Waals surface area contributed by atoms with Crippen LogP contribution in [0.4, 0.5) is 0 Å². The van der Waals surface area contributed by atoms with Crippen LogP contribution < -0.4 is 0 Å². The molecular formula is C8H12O2. The van der Waals surface area contributed by atoms with Crippen molar-refractivity contribution < 1.29 is 9.59 Å². The Morgan fingerprint density at radius 2 is 1.70 bits per heavy atom. The van der Waals surface area contributed by atoms with Crippen LogP contribution in [0.5, 0.6) is 0 Å². The molecule has 0 amide bonds. The molecule has 0 heterocycles. The minimum Gasteiger partial charge on any atom is -0.300 e. The molecule has 0 unspecified atom stereocenters. The standard InChI is InChI=1S/C8H12O2/c1-6(4-7(2)9)5-8(3)10/h4H,5H2,1-3H3/b6-4+. The first kappa shape index (κ1) is 9.08. The number of rotatable bonds is 3. The Labute approximate surface area is 60.9 Å². The van der Waals surface area contributed by atoms with E-state index in [2.05, 4.69) is 0 Å². The highest BCUT2D eigenvalue weighted by Gasteiger charge is 1.95. The molecule has 2 nitrogen and oxygen atoms in total. The molecule has 10 heavy (non-hydrogen) atoms. The SMILES string of the molecule is CC(=O)/C=C(\C)CC(C)=O. The van der Waals surface area contributed by atoms with E-state index in [4.69, 9.17) is 0 Å². The van der Waals surface area contributed by atoms with Crippen LogP contribution in [0.1, 0.15) is 27.2 Å². The van der Waals surface area contributed by atoms with Crippen molar-refractivity contribution in [2.75, 3.05) is 0 Å². The summed E-state index contributed by atoms with van der Waals surface area (Å²) in [5.74, 6) is 0.0914. The minimum atomic E-state index is -0.00116. The van der Waals surface area contributed by atoms with E-state index in [0.29, 0.717) is 6.42 Å². The topological polar surface area (TPSA) is 34.1 Å². The first-order valence-corrected chi connectivity index (χ1v) is 3.19. The van der Waals surface area contributed by atoms with Gasteiger partial charge in [-0.3, -0.25) is 9.59 Å². The molecule has 0 saturated carbocycles. The van der Waals surface area contributed by atoms with E-state index in [-0.39, 0.29) is 11.6 Å². The summed E-state index contributed by atoms with van der Waals surface area (Å²) in [5, 5.41) is 0. The molecule has 0 aromatic rings. The van der Waals surface area contributed by atoms with Gasteiger partial charge in [0.2, 0.25) is 0 Å². The van der Waals surface area contributed by atoms with Crippen molar-refractivity contribution in [3.8, 4) is 0 Å². The van der Waals surface area contributed by atoms with Gasteiger partial charge in [-0.25, -0.2) is 0 Å². The zero-order valence-corrected chi connectivity index (χ0v) is 6.60. The Kier molecular flexibility index (Phi) is 3.62. The summed E-state index contributed by atoms with van der Waals surface area (Å²) in [7, 11) is 0. The van der Waals surface area contributed by atoms with Gasteiger partial charge in [0, 0.05) is 6.42 Å². The molecule has 0 N–H and O–H groups in total. The lowest BCUT2D eigenvalue weighted by Gasteiger charge is -1.92. The summed E-state index contributed by atoms with van der Waals surface area (Å²) >= 11 is 0. The predicted molar refractivity (Wildman–Crippen MR) is 39.7 cm³/mol. The summed E-state index contributed by atoms with van der Waals surface area (Å²) in [5.41, 5.74) is 0.833. The summed E-state index contributed by atoms with van der Waals surface area (Å²) < 4.78 is 0. The van der Waals surface area contributed by atoms with Gasteiger partial charge in [0.05, 0.1) is 0 Å². The molecule has 0 aliphatic heterocycles. The molecule has 2 heteroatoms. The van der Waals surface area contributed by atoms with Crippen molar-refractivity contribution in [2.45, 2.75) is 27.2 Å². The molecule has 0 rings (SSSR count). The third-order valence-electron chi connectivity index (χ3n) is 0.977. The number of hydrogen-bond acceptors (Lipinski definition) is 2. The zero-order valence-electron chi connectivity index (χ0n) is 6.60. The summed E-state index contributed by atoms with van der Waals surface area (Å²) in [6.45, 7) is 4.77. The van der Waals surface area contributed by atoms with Crippen LogP contribution in [0.15, 0.2) is 11.6 Å². The average molecular weight is 140 g/mol. The Hall–Kier alpha value is -0.920. The normalized spacial score (nSPS) is 11.3. The van der Waals surface area contributed by atoms with Gasteiger partial charge in [0.1, 0.15) is 5.78 Å². The molecular weight excluding hydrogens is 128 g/mol. The summed E-state index contributed by atoms with van der Waals surface area (Å²) in [4.78, 5) is 20.9. The number of allylic oxidation sites excluding steroid dienone is 2. The van der Waals surface area contributed by atoms with Crippen LogP contribution in [-0.4, -0.2) is 11.6 Å². The number of carbonyl (C=O) groups excluding carboxylic acids is 2. The number of hydrogen-bond donors (Lipinski definition) is 0. The number of carbonyl (C=O) groups is 2. The van der Waals surface area contributed by atoms with E-state index in [1.165, 1.54) is 19.9 Å². The lowest BCUT2D eigenvalue weighted by molar-refractivity contribution is -0.116. The lowest BCUT2D eigenvalue weighted by atomic mass is 10.1. The van der Waals surface area contributed by atoms with Crippen molar-refractivity contribution in [3.63, 3.8) is 0 Å². The Morgan fingerprint density at radius 1 is 1.20 bits per heavy atom. The second kappa shape index (κ2) is 3.99. The van der Waals surface area contributed by atoms with E-state index in [1.54, 1.807) is 6.92 Å². The first-order chi connectivity index (χ1) is 4.52. The van der Waals surface area contributed by atoms with E-state index < -0.39 is 0 Å². The molecule has 0 saturated heterocycles. The molecule has 0 spiro atoms. The monoisotopic (exact) mass is 140 g/mol. The van der Waals surface area contributed by atoms with E-state index in [9.17, 15) is 9.59 Å².